The van der Waals surface area contributed by atoms with Crippen molar-refractivity contribution in [2.75, 3.05) is 0 Å². The van der Waals surface area contributed by atoms with Crippen molar-refractivity contribution in [1.29, 1.82) is 0 Å². The Kier molecular flexibility index (Phi) is 5.68. The van der Waals surface area contributed by atoms with Crippen LogP contribution < -0.4 is 5.38 Å². The highest BCUT2D eigenvalue weighted by Gasteiger charge is 2.15. The summed E-state index contributed by atoms with van der Waals surface area (Å²) in [4.78, 5) is 0. The fourth-order valence-electron chi connectivity index (χ4n) is 1.63. The monoisotopic (exact) mass is 209 g/mol. The van der Waals surface area contributed by atoms with Crippen molar-refractivity contribution in [3.63, 3.8) is 0 Å². The van der Waals surface area contributed by atoms with E-state index in [1.807, 2.05) is 12.3 Å². The van der Waals surface area contributed by atoms with Crippen LogP contribution in [0.1, 0.15) is 39.5 Å². The van der Waals surface area contributed by atoms with E-state index in [0.29, 0.717) is 0 Å². The minimum absolute atomic E-state index is 0.371. The van der Waals surface area contributed by atoms with Crippen LogP contribution in [0.2, 0.25) is 12.1 Å². The Labute approximate surface area is 89.1 Å². The molecule has 79 valence electrons. The second-order valence-corrected chi connectivity index (χ2v) is 6.49. The molecule has 1 aromatic rings. The molecule has 0 N–H and O–H groups in total. The third kappa shape index (κ3) is 3.70. The van der Waals surface area contributed by atoms with Crippen molar-refractivity contribution >= 4 is 14.2 Å². The maximum atomic E-state index is 5.54. The molecule has 1 nitrogen and oxygen atoms in total. The summed E-state index contributed by atoms with van der Waals surface area (Å²) < 4.78 is 5.54. The molecule has 0 spiro atoms. The summed E-state index contributed by atoms with van der Waals surface area (Å²) in [6.07, 6.45) is 7.15. The summed E-state index contributed by atoms with van der Waals surface area (Å²) >= 11 is 0. The van der Waals surface area contributed by atoms with E-state index < -0.39 is 0 Å². The van der Waals surface area contributed by atoms with Gasteiger partial charge >= 0.3 is 0 Å². The van der Waals surface area contributed by atoms with Crippen LogP contribution in [-0.4, -0.2) is 8.80 Å². The Balaban J connectivity index is 2.44. The largest absolute Gasteiger partial charge is 0.475 e. The van der Waals surface area contributed by atoms with E-state index in [1.165, 1.54) is 43.2 Å². The first-order chi connectivity index (χ1) is 6.88. The van der Waals surface area contributed by atoms with Gasteiger partial charge in [0.15, 0.2) is 0 Å². The number of unbranched alkanes of at least 4 members (excludes halogenated alkanes) is 2. The smallest absolute Gasteiger partial charge is 0.134 e. The van der Waals surface area contributed by atoms with E-state index in [1.54, 1.807) is 0 Å². The normalized spacial score (nSPS) is 11.1. The maximum Gasteiger partial charge on any atom is 0.134 e. The van der Waals surface area contributed by atoms with Crippen LogP contribution in [0.4, 0.5) is 0 Å². The van der Waals surface area contributed by atoms with Gasteiger partial charge in [0.05, 0.1) is 11.6 Å². The van der Waals surface area contributed by atoms with Gasteiger partial charge in [-0.1, -0.05) is 51.6 Å². The maximum absolute atomic E-state index is 5.54. The Bertz CT molecular complexity index is 210. The van der Waals surface area contributed by atoms with Gasteiger partial charge in [-0.3, -0.25) is 0 Å². The summed E-state index contributed by atoms with van der Waals surface area (Å²) in [6.45, 7) is 4.53. The molecule has 0 atom stereocenters. The molecule has 2 heteroatoms. The van der Waals surface area contributed by atoms with Gasteiger partial charge in [-0.15, -0.1) is 0 Å². The molecule has 0 fully saturated rings. The van der Waals surface area contributed by atoms with Gasteiger partial charge in [-0.05, 0) is 12.1 Å². The van der Waals surface area contributed by atoms with Crippen LogP contribution in [0.3, 0.4) is 0 Å². The third-order valence-corrected chi connectivity index (χ3v) is 5.43. The Hall–Kier alpha value is -0.503. The van der Waals surface area contributed by atoms with E-state index >= 15 is 0 Å². The first-order valence-corrected chi connectivity index (χ1v) is 7.68. The van der Waals surface area contributed by atoms with Gasteiger partial charge in [0, 0.05) is 0 Å². The molecule has 0 aliphatic rings. The molecule has 1 radical (unpaired) electrons. The third-order valence-electron chi connectivity index (χ3n) is 2.53. The minimum atomic E-state index is -0.371. The second kappa shape index (κ2) is 6.88. The van der Waals surface area contributed by atoms with E-state index in [4.69, 9.17) is 4.42 Å². The Morgan fingerprint density at radius 1 is 1.14 bits per heavy atom. The average molecular weight is 209 g/mol. The van der Waals surface area contributed by atoms with Crippen molar-refractivity contribution in [3.8, 4) is 0 Å². The van der Waals surface area contributed by atoms with Crippen molar-refractivity contribution in [3.05, 3.63) is 18.4 Å². The minimum Gasteiger partial charge on any atom is -0.475 e. The lowest BCUT2D eigenvalue weighted by Gasteiger charge is -2.10. The molecule has 1 rings (SSSR count). The highest BCUT2D eigenvalue weighted by atomic mass is 28.3. The topological polar surface area (TPSA) is 13.1 Å². The van der Waals surface area contributed by atoms with Crippen LogP contribution in [0.25, 0.3) is 0 Å². The molecule has 0 saturated carbocycles. The van der Waals surface area contributed by atoms with Crippen LogP contribution in [0.15, 0.2) is 22.8 Å². The summed E-state index contributed by atoms with van der Waals surface area (Å²) in [6, 6.07) is 6.96. The summed E-state index contributed by atoms with van der Waals surface area (Å²) in [5.41, 5.74) is 0. The molecule has 1 heterocycles. The molecule has 0 amide bonds. The van der Waals surface area contributed by atoms with Crippen LogP contribution >= 0.6 is 0 Å². The lowest BCUT2D eigenvalue weighted by molar-refractivity contribution is 0.597. The molecule has 0 aliphatic heterocycles. The predicted molar refractivity (Wildman–Crippen MR) is 63.5 cm³/mol. The van der Waals surface area contributed by atoms with Crippen LogP contribution in [0, 0.1) is 0 Å². The van der Waals surface area contributed by atoms with Crippen molar-refractivity contribution in [1.82, 2.24) is 0 Å². The average Bonchev–Trinajstić information content (AvgIpc) is 2.71. The van der Waals surface area contributed by atoms with Crippen molar-refractivity contribution in [2.45, 2.75) is 51.6 Å². The highest BCUT2D eigenvalue weighted by Crippen LogP contribution is 2.10. The first-order valence-electron chi connectivity index (χ1n) is 5.77. The van der Waals surface area contributed by atoms with Gasteiger partial charge in [-0.2, -0.15) is 0 Å². The van der Waals surface area contributed by atoms with Gasteiger partial charge in [-0.25, -0.2) is 0 Å². The molecule has 0 aliphatic carbocycles. The zero-order valence-corrected chi connectivity index (χ0v) is 10.4. The van der Waals surface area contributed by atoms with Gasteiger partial charge in [0.2, 0.25) is 0 Å². The molecule has 0 bridgehead atoms. The molecule has 14 heavy (non-hydrogen) atoms. The van der Waals surface area contributed by atoms with Crippen molar-refractivity contribution in [2.24, 2.45) is 0 Å². The van der Waals surface area contributed by atoms with E-state index in [0.717, 1.165) is 0 Å². The standard InChI is InChI=1S/C12H21OSi/c1-3-5-10-14(11-6-4-2)12-8-7-9-13-12/h7-9H,3-6,10-11H2,1-2H3. The predicted octanol–water partition coefficient (Wildman–Crippen LogP) is 3.58. The number of hydrogen-bond donors (Lipinski definition) is 0. The fourth-order valence-corrected chi connectivity index (χ4v) is 4.50. The van der Waals surface area contributed by atoms with Gasteiger partial charge in [0.1, 0.15) is 8.80 Å². The van der Waals surface area contributed by atoms with Gasteiger partial charge < -0.3 is 4.42 Å². The SMILES string of the molecule is CCCC[Si](CCCC)c1ccco1. The van der Waals surface area contributed by atoms with E-state index in [-0.39, 0.29) is 8.80 Å². The lowest BCUT2D eigenvalue weighted by atomic mass is 10.4. The molecule has 0 unspecified atom stereocenters. The zero-order valence-electron chi connectivity index (χ0n) is 9.38. The highest BCUT2D eigenvalue weighted by molar-refractivity contribution is 6.71. The fraction of sp³-hybridized carbons (Fsp3) is 0.667. The Morgan fingerprint density at radius 2 is 1.79 bits per heavy atom. The number of furan rings is 1. The molecule has 0 aromatic carbocycles. The number of rotatable bonds is 7. The van der Waals surface area contributed by atoms with Crippen LogP contribution in [-0.2, 0) is 0 Å². The molecular formula is C12H21OSi. The summed E-state index contributed by atoms with van der Waals surface area (Å²) in [5, 5.41) is 1.29. The number of hydrogen-bond acceptors (Lipinski definition) is 1. The second-order valence-electron chi connectivity index (χ2n) is 3.79. The molecular weight excluding hydrogens is 188 g/mol. The first kappa shape index (κ1) is 11.6. The molecule has 1 aromatic heterocycles. The lowest BCUT2D eigenvalue weighted by Crippen LogP contribution is -2.28. The van der Waals surface area contributed by atoms with Crippen LogP contribution in [0.5, 0.6) is 0 Å². The quantitative estimate of drug-likeness (QED) is 0.626. The molecule has 0 saturated heterocycles. The van der Waals surface area contributed by atoms with E-state index in [2.05, 4.69) is 19.9 Å². The summed E-state index contributed by atoms with van der Waals surface area (Å²) in [7, 11) is -0.371. The van der Waals surface area contributed by atoms with Gasteiger partial charge in [0.25, 0.3) is 0 Å². The Morgan fingerprint density at radius 3 is 2.21 bits per heavy atom. The zero-order chi connectivity index (χ0) is 10.2. The van der Waals surface area contributed by atoms with Crippen molar-refractivity contribution < 1.29 is 4.42 Å². The summed E-state index contributed by atoms with van der Waals surface area (Å²) in [5.74, 6) is 0. The van der Waals surface area contributed by atoms with E-state index in [9.17, 15) is 0 Å².